The van der Waals surface area contributed by atoms with Gasteiger partial charge in [-0.05, 0) is 17.7 Å². The number of aliphatic hydroxyl groups excluding tert-OH is 1. The fourth-order valence-corrected chi connectivity index (χ4v) is 3.17. The van der Waals surface area contributed by atoms with Crippen molar-refractivity contribution in [1.29, 1.82) is 0 Å². The van der Waals surface area contributed by atoms with Crippen molar-refractivity contribution < 1.29 is 9.90 Å². The van der Waals surface area contributed by atoms with E-state index in [-0.39, 0.29) is 24.5 Å². The number of hydrogen-bond acceptors (Lipinski definition) is 3. The molecule has 0 saturated carbocycles. The second-order valence-corrected chi connectivity index (χ2v) is 5.36. The molecule has 3 nitrogen and oxygen atoms in total. The molecule has 2 unspecified atom stereocenters. The lowest BCUT2D eigenvalue weighted by Gasteiger charge is -2.18. The molecule has 0 bridgehead atoms. The van der Waals surface area contributed by atoms with Gasteiger partial charge in [-0.2, -0.15) is 11.8 Å². The van der Waals surface area contributed by atoms with Crippen LogP contribution >= 0.6 is 11.8 Å². The van der Waals surface area contributed by atoms with Crippen LogP contribution < -0.4 is 5.32 Å². The van der Waals surface area contributed by atoms with E-state index in [0.29, 0.717) is 0 Å². The van der Waals surface area contributed by atoms with Crippen molar-refractivity contribution >= 4 is 17.7 Å². The van der Waals surface area contributed by atoms with E-state index in [4.69, 9.17) is 0 Å². The maximum absolute atomic E-state index is 12.0. The first-order valence-corrected chi connectivity index (χ1v) is 7.00. The molecule has 1 amide bonds. The zero-order chi connectivity index (χ0) is 12.1. The molecule has 0 aromatic heterocycles. The van der Waals surface area contributed by atoms with Crippen LogP contribution in [0.5, 0.6) is 0 Å². The van der Waals surface area contributed by atoms with Crippen LogP contribution in [0.2, 0.25) is 0 Å². The van der Waals surface area contributed by atoms with Gasteiger partial charge in [0.1, 0.15) is 0 Å². The highest BCUT2D eigenvalue weighted by atomic mass is 32.2. The van der Waals surface area contributed by atoms with Crippen LogP contribution in [0.1, 0.15) is 18.0 Å². The molecule has 1 aromatic carbocycles. The summed E-state index contributed by atoms with van der Waals surface area (Å²) < 4.78 is 0. The number of rotatable bonds is 4. The molecule has 2 rings (SSSR count). The van der Waals surface area contributed by atoms with Crippen LogP contribution in [0.25, 0.3) is 0 Å². The van der Waals surface area contributed by atoms with Crippen molar-refractivity contribution in [2.24, 2.45) is 5.92 Å². The van der Waals surface area contributed by atoms with Crippen molar-refractivity contribution in [2.45, 2.75) is 12.5 Å². The van der Waals surface area contributed by atoms with E-state index in [2.05, 4.69) is 5.32 Å². The summed E-state index contributed by atoms with van der Waals surface area (Å²) in [6.07, 6.45) is 0.948. The van der Waals surface area contributed by atoms with Crippen molar-refractivity contribution in [1.82, 2.24) is 5.32 Å². The topological polar surface area (TPSA) is 49.3 Å². The minimum atomic E-state index is -0.283. The first-order chi connectivity index (χ1) is 8.31. The summed E-state index contributed by atoms with van der Waals surface area (Å²) in [5, 5.41) is 12.3. The molecule has 0 radical (unpaired) electrons. The number of amides is 1. The standard InChI is InChI=1S/C13H17NO2S/c15-8-12(10-4-2-1-3-5-10)14-13(16)11-6-7-17-9-11/h1-5,11-12,15H,6-9H2,(H,14,16). The predicted octanol–water partition coefficient (Wildman–Crippen LogP) is 1.59. The number of carbonyl (C=O) groups excluding carboxylic acids is 1. The summed E-state index contributed by atoms with van der Waals surface area (Å²) >= 11 is 1.82. The number of aliphatic hydroxyl groups is 1. The predicted molar refractivity (Wildman–Crippen MR) is 69.8 cm³/mol. The molecule has 2 atom stereocenters. The zero-order valence-electron chi connectivity index (χ0n) is 9.63. The van der Waals surface area contributed by atoms with Gasteiger partial charge in [0.25, 0.3) is 0 Å². The third kappa shape index (κ3) is 3.23. The Morgan fingerprint density at radius 1 is 1.47 bits per heavy atom. The third-order valence-electron chi connectivity index (χ3n) is 3.00. The molecule has 1 aliphatic rings. The fourth-order valence-electron chi connectivity index (χ4n) is 1.95. The second-order valence-electron chi connectivity index (χ2n) is 4.21. The Morgan fingerprint density at radius 2 is 2.24 bits per heavy atom. The normalized spacial score (nSPS) is 21.1. The largest absolute Gasteiger partial charge is 0.394 e. The third-order valence-corrected chi connectivity index (χ3v) is 4.16. The molecule has 2 N–H and O–H groups in total. The maximum atomic E-state index is 12.0. The first-order valence-electron chi connectivity index (χ1n) is 5.85. The molecular formula is C13H17NO2S. The van der Waals surface area contributed by atoms with Crippen LogP contribution in [-0.2, 0) is 4.79 Å². The molecule has 0 spiro atoms. The summed E-state index contributed by atoms with van der Waals surface area (Å²) in [5.74, 6) is 2.14. The van der Waals surface area contributed by atoms with Gasteiger partial charge < -0.3 is 10.4 Å². The Bertz CT molecular complexity index is 363. The minimum Gasteiger partial charge on any atom is -0.394 e. The van der Waals surface area contributed by atoms with E-state index in [1.165, 1.54) is 0 Å². The van der Waals surface area contributed by atoms with Crippen molar-refractivity contribution in [2.75, 3.05) is 18.1 Å². The number of benzene rings is 1. The minimum absolute atomic E-state index is 0.0599. The van der Waals surface area contributed by atoms with Gasteiger partial charge in [-0.1, -0.05) is 30.3 Å². The Hall–Kier alpha value is -1.00. The van der Waals surface area contributed by atoms with E-state index in [0.717, 1.165) is 23.5 Å². The average molecular weight is 251 g/mol. The number of carbonyl (C=O) groups is 1. The Morgan fingerprint density at radius 3 is 2.82 bits per heavy atom. The molecule has 4 heteroatoms. The zero-order valence-corrected chi connectivity index (χ0v) is 10.5. The molecule has 0 aliphatic carbocycles. The van der Waals surface area contributed by atoms with Gasteiger partial charge in [-0.15, -0.1) is 0 Å². The first kappa shape index (κ1) is 12.5. The lowest BCUT2D eigenvalue weighted by molar-refractivity contribution is -0.125. The molecule has 1 aliphatic heterocycles. The second kappa shape index (κ2) is 6.07. The van der Waals surface area contributed by atoms with Crippen LogP contribution in [0.15, 0.2) is 30.3 Å². The van der Waals surface area contributed by atoms with Gasteiger partial charge >= 0.3 is 0 Å². The van der Waals surface area contributed by atoms with Gasteiger partial charge in [0.05, 0.1) is 12.6 Å². The van der Waals surface area contributed by atoms with Crippen LogP contribution in [0.4, 0.5) is 0 Å². The van der Waals surface area contributed by atoms with Gasteiger partial charge in [-0.25, -0.2) is 0 Å². The summed E-state index contributed by atoms with van der Waals surface area (Å²) in [4.78, 5) is 12.0. The van der Waals surface area contributed by atoms with Crippen LogP contribution in [-0.4, -0.2) is 29.1 Å². The number of thioether (sulfide) groups is 1. The Kier molecular flexibility index (Phi) is 4.45. The molecule has 1 fully saturated rings. The van der Waals surface area contributed by atoms with E-state index in [9.17, 15) is 9.90 Å². The number of nitrogens with one attached hydrogen (secondary N) is 1. The average Bonchev–Trinajstić information content (AvgIpc) is 2.90. The van der Waals surface area contributed by atoms with Crippen LogP contribution in [0, 0.1) is 5.92 Å². The lowest BCUT2D eigenvalue weighted by atomic mass is 10.0. The monoisotopic (exact) mass is 251 g/mol. The highest BCUT2D eigenvalue weighted by Crippen LogP contribution is 2.24. The summed E-state index contributed by atoms with van der Waals surface area (Å²) in [7, 11) is 0. The molecule has 1 heterocycles. The Balaban J connectivity index is 1.97. The van der Waals surface area contributed by atoms with Crippen molar-refractivity contribution in [3.63, 3.8) is 0 Å². The summed E-state index contributed by atoms with van der Waals surface area (Å²) in [6, 6.07) is 9.31. The van der Waals surface area contributed by atoms with E-state index in [1.807, 2.05) is 42.1 Å². The molecule has 17 heavy (non-hydrogen) atoms. The van der Waals surface area contributed by atoms with Crippen molar-refractivity contribution in [3.05, 3.63) is 35.9 Å². The van der Waals surface area contributed by atoms with Gasteiger partial charge in [0.15, 0.2) is 0 Å². The summed E-state index contributed by atoms with van der Waals surface area (Å²) in [5.41, 5.74) is 0.953. The highest BCUT2D eigenvalue weighted by molar-refractivity contribution is 7.99. The summed E-state index contributed by atoms with van der Waals surface area (Å²) in [6.45, 7) is -0.0599. The smallest absolute Gasteiger partial charge is 0.224 e. The number of hydrogen-bond donors (Lipinski definition) is 2. The molecule has 92 valence electrons. The SMILES string of the molecule is O=C(NC(CO)c1ccccc1)C1CCSC1. The van der Waals surface area contributed by atoms with Crippen molar-refractivity contribution in [3.8, 4) is 0 Å². The van der Waals surface area contributed by atoms with Crippen LogP contribution in [0.3, 0.4) is 0 Å². The van der Waals surface area contributed by atoms with Gasteiger partial charge in [0, 0.05) is 11.7 Å². The van der Waals surface area contributed by atoms with E-state index >= 15 is 0 Å². The van der Waals surface area contributed by atoms with E-state index in [1.54, 1.807) is 0 Å². The highest BCUT2D eigenvalue weighted by Gasteiger charge is 2.25. The van der Waals surface area contributed by atoms with E-state index < -0.39 is 0 Å². The molecule has 1 saturated heterocycles. The fraction of sp³-hybridized carbons (Fsp3) is 0.462. The quantitative estimate of drug-likeness (QED) is 0.854. The van der Waals surface area contributed by atoms with Gasteiger partial charge in [0.2, 0.25) is 5.91 Å². The van der Waals surface area contributed by atoms with Gasteiger partial charge in [-0.3, -0.25) is 4.79 Å². The Labute approximate surface area is 106 Å². The lowest BCUT2D eigenvalue weighted by Crippen LogP contribution is -2.35. The molecule has 1 aromatic rings. The maximum Gasteiger partial charge on any atom is 0.224 e. The molecular weight excluding hydrogens is 234 g/mol.